The highest BCUT2D eigenvalue weighted by atomic mass is 32.2. The summed E-state index contributed by atoms with van der Waals surface area (Å²) in [7, 11) is -1.46. The van der Waals surface area contributed by atoms with E-state index in [0.717, 1.165) is 18.7 Å². The normalized spacial score (nSPS) is 19.0. The molecule has 7 nitrogen and oxygen atoms in total. The molecule has 196 valence electrons. The average molecular weight is 517 g/mol. The summed E-state index contributed by atoms with van der Waals surface area (Å²) in [6.45, 7) is 5.59. The first-order valence-corrected chi connectivity index (χ1v) is 14.1. The Morgan fingerprint density at radius 3 is 2.72 bits per heavy atom. The standard InChI is InChI=1S/C27H37FN4O3S/c1-3-29-26(33)32(28)16-18-36(34)31-15-17-35-23-10-7-21-11-14-30-25(24(21)19-23)27(12-4-13-27)22-8-5-20(2)6-9-22/h5-10,19,25,30-31H,3-4,11-18H2,1-2H3,(H,29,33). The molecule has 2 atom stereocenters. The van der Waals surface area contributed by atoms with E-state index in [1.54, 1.807) is 6.92 Å². The first-order chi connectivity index (χ1) is 17.4. The second-order valence-electron chi connectivity index (χ2n) is 9.59. The fourth-order valence-corrected chi connectivity index (χ4v) is 5.98. The number of amides is 2. The van der Waals surface area contributed by atoms with Crippen molar-refractivity contribution < 1.29 is 18.2 Å². The summed E-state index contributed by atoms with van der Waals surface area (Å²) in [6.07, 6.45) is 4.58. The number of nitrogens with zero attached hydrogens (tertiary/aromatic N) is 1. The van der Waals surface area contributed by atoms with Gasteiger partial charge < -0.3 is 15.4 Å². The van der Waals surface area contributed by atoms with E-state index in [0.29, 0.717) is 19.7 Å². The Kier molecular flexibility index (Phi) is 8.98. The molecule has 2 unspecified atom stereocenters. The van der Waals surface area contributed by atoms with Crippen molar-refractivity contribution in [3.63, 3.8) is 0 Å². The topological polar surface area (TPSA) is 82.7 Å². The number of carbonyl (C=O) groups excluding carboxylic acids is 1. The van der Waals surface area contributed by atoms with Crippen molar-refractivity contribution in [2.24, 2.45) is 0 Å². The summed E-state index contributed by atoms with van der Waals surface area (Å²) in [4.78, 5) is 11.4. The van der Waals surface area contributed by atoms with Gasteiger partial charge in [0.05, 0.1) is 23.3 Å². The van der Waals surface area contributed by atoms with Crippen molar-refractivity contribution in [3.8, 4) is 5.75 Å². The number of benzene rings is 2. The number of ether oxygens (including phenoxy) is 1. The molecular weight excluding hydrogens is 479 g/mol. The van der Waals surface area contributed by atoms with Crippen LogP contribution in [0.1, 0.15) is 54.5 Å². The van der Waals surface area contributed by atoms with Crippen LogP contribution in [0.5, 0.6) is 5.75 Å². The van der Waals surface area contributed by atoms with Gasteiger partial charge in [-0.25, -0.2) is 13.7 Å². The molecule has 1 aliphatic heterocycles. The molecule has 36 heavy (non-hydrogen) atoms. The van der Waals surface area contributed by atoms with Gasteiger partial charge in [0.15, 0.2) is 0 Å². The van der Waals surface area contributed by atoms with Gasteiger partial charge in [0.2, 0.25) is 0 Å². The summed E-state index contributed by atoms with van der Waals surface area (Å²) in [5, 5.41) is 6.21. The monoisotopic (exact) mass is 516 g/mol. The first kappa shape index (κ1) is 26.6. The van der Waals surface area contributed by atoms with Crippen LogP contribution in [0.3, 0.4) is 0 Å². The molecule has 9 heteroatoms. The van der Waals surface area contributed by atoms with Crippen LogP contribution in [0.2, 0.25) is 0 Å². The maximum absolute atomic E-state index is 13.6. The Bertz CT molecular complexity index is 1060. The van der Waals surface area contributed by atoms with E-state index in [1.165, 1.54) is 41.5 Å². The van der Waals surface area contributed by atoms with Crippen LogP contribution < -0.4 is 20.1 Å². The van der Waals surface area contributed by atoms with Crippen LogP contribution in [0, 0.1) is 6.92 Å². The number of aryl methyl sites for hydroxylation is 1. The van der Waals surface area contributed by atoms with Gasteiger partial charge in [0.1, 0.15) is 12.4 Å². The van der Waals surface area contributed by atoms with Crippen molar-refractivity contribution in [1.29, 1.82) is 0 Å². The molecule has 1 fully saturated rings. The number of urea groups is 1. The molecule has 4 rings (SSSR count). The predicted octanol–water partition coefficient (Wildman–Crippen LogP) is 3.85. The number of hydrogen-bond donors (Lipinski definition) is 3. The van der Waals surface area contributed by atoms with E-state index in [9.17, 15) is 13.5 Å². The average Bonchev–Trinajstić information content (AvgIpc) is 2.86. The quantitative estimate of drug-likeness (QED) is 0.313. The van der Waals surface area contributed by atoms with E-state index in [2.05, 4.69) is 58.7 Å². The highest BCUT2D eigenvalue weighted by molar-refractivity contribution is 7.83. The number of carbonyl (C=O) groups is 1. The highest BCUT2D eigenvalue weighted by Crippen LogP contribution is 2.53. The third-order valence-corrected chi connectivity index (χ3v) is 8.33. The Morgan fingerprint density at radius 1 is 1.25 bits per heavy atom. The van der Waals surface area contributed by atoms with Crippen molar-refractivity contribution in [1.82, 2.24) is 20.5 Å². The smallest absolute Gasteiger partial charge is 0.345 e. The fourth-order valence-electron chi connectivity index (χ4n) is 5.20. The van der Waals surface area contributed by atoms with Crippen LogP contribution in [-0.4, -0.2) is 53.9 Å². The van der Waals surface area contributed by atoms with Crippen LogP contribution >= 0.6 is 0 Å². The number of fused-ring (bicyclic) bond motifs is 1. The first-order valence-electron chi connectivity index (χ1n) is 12.8. The van der Waals surface area contributed by atoms with Gasteiger partial charge in [-0.05, 0) is 68.5 Å². The summed E-state index contributed by atoms with van der Waals surface area (Å²) < 4.78 is 34.5. The predicted molar refractivity (Wildman–Crippen MR) is 141 cm³/mol. The molecule has 0 radical (unpaired) electrons. The zero-order valence-corrected chi connectivity index (χ0v) is 22.0. The summed E-state index contributed by atoms with van der Waals surface area (Å²) in [5.41, 5.74) is 5.47. The lowest BCUT2D eigenvalue weighted by atomic mass is 9.58. The zero-order valence-electron chi connectivity index (χ0n) is 21.1. The molecule has 0 aromatic heterocycles. The summed E-state index contributed by atoms with van der Waals surface area (Å²) in [6, 6.07) is 14.8. The minimum absolute atomic E-state index is 0.000915. The van der Waals surface area contributed by atoms with Crippen molar-refractivity contribution >= 4 is 17.0 Å². The van der Waals surface area contributed by atoms with E-state index in [1.807, 2.05) is 6.07 Å². The maximum atomic E-state index is 13.6. The largest absolute Gasteiger partial charge is 0.492 e. The summed E-state index contributed by atoms with van der Waals surface area (Å²) in [5.74, 6) is 0.792. The molecular formula is C27H37FN4O3S. The van der Waals surface area contributed by atoms with Gasteiger partial charge in [0.25, 0.3) is 0 Å². The molecule has 0 bridgehead atoms. The molecule has 1 saturated carbocycles. The van der Waals surface area contributed by atoms with Gasteiger partial charge in [-0.3, -0.25) is 0 Å². The second-order valence-corrected chi connectivity index (χ2v) is 11.0. The highest BCUT2D eigenvalue weighted by Gasteiger charge is 2.47. The van der Waals surface area contributed by atoms with Gasteiger partial charge in [0, 0.05) is 24.5 Å². The summed E-state index contributed by atoms with van der Waals surface area (Å²) >= 11 is 0. The molecule has 2 aliphatic rings. The molecule has 2 aromatic carbocycles. The van der Waals surface area contributed by atoms with Crippen molar-refractivity contribution in [3.05, 3.63) is 64.7 Å². The molecule has 0 saturated heterocycles. The van der Waals surface area contributed by atoms with Gasteiger partial charge in [-0.2, -0.15) is 5.12 Å². The fraction of sp³-hybridized carbons (Fsp3) is 0.519. The van der Waals surface area contributed by atoms with Crippen molar-refractivity contribution in [2.45, 2.75) is 51.0 Å². The molecule has 2 aromatic rings. The van der Waals surface area contributed by atoms with Crippen LogP contribution in [0.4, 0.5) is 9.28 Å². The van der Waals surface area contributed by atoms with Crippen LogP contribution in [-0.2, 0) is 22.8 Å². The molecule has 1 heterocycles. The lowest BCUT2D eigenvalue weighted by Gasteiger charge is -2.50. The number of rotatable bonds is 11. The van der Waals surface area contributed by atoms with E-state index in [4.69, 9.17) is 4.74 Å². The molecule has 1 aliphatic carbocycles. The minimum Gasteiger partial charge on any atom is -0.492 e. The Balaban J connectivity index is 1.33. The third kappa shape index (κ3) is 6.07. The Hall–Kier alpha value is -2.49. The van der Waals surface area contributed by atoms with E-state index < -0.39 is 17.0 Å². The second kappa shape index (κ2) is 12.2. The number of nitrogens with one attached hydrogen (secondary N) is 3. The van der Waals surface area contributed by atoms with Gasteiger partial charge >= 0.3 is 6.03 Å². The SMILES string of the molecule is CCNC(=O)N(F)CCS(=O)NCCOc1ccc2c(c1)C(C1(c3ccc(C)cc3)CCC1)NCC2. The van der Waals surface area contributed by atoms with Crippen molar-refractivity contribution in [2.75, 3.05) is 38.5 Å². The molecule has 2 amide bonds. The van der Waals surface area contributed by atoms with Crippen LogP contribution in [0.15, 0.2) is 42.5 Å². The minimum atomic E-state index is -1.46. The Labute approximate surface area is 215 Å². The van der Waals surface area contributed by atoms with E-state index >= 15 is 0 Å². The lowest BCUT2D eigenvalue weighted by Crippen LogP contribution is -2.49. The molecule has 0 spiro atoms. The van der Waals surface area contributed by atoms with E-state index in [-0.39, 0.29) is 28.9 Å². The van der Waals surface area contributed by atoms with Gasteiger partial charge in [-0.1, -0.05) is 46.8 Å². The van der Waals surface area contributed by atoms with Gasteiger partial charge in [-0.15, -0.1) is 0 Å². The van der Waals surface area contributed by atoms with Crippen LogP contribution in [0.25, 0.3) is 0 Å². The number of halogens is 1. The third-order valence-electron chi connectivity index (χ3n) is 7.25. The maximum Gasteiger partial charge on any atom is 0.345 e. The lowest BCUT2D eigenvalue weighted by molar-refractivity contribution is 0.0728. The number of hydrogen-bond acceptors (Lipinski definition) is 4. The Morgan fingerprint density at radius 2 is 2.03 bits per heavy atom. The molecule has 3 N–H and O–H groups in total. The zero-order chi connectivity index (χ0) is 25.5.